The third kappa shape index (κ3) is 2.82. The zero-order chi connectivity index (χ0) is 9.84. The number of aliphatic hydroxyl groups excluding tert-OH is 1. The quantitative estimate of drug-likeness (QED) is 0.755. The third-order valence-corrected chi connectivity index (χ3v) is 2.03. The first-order valence-electron chi connectivity index (χ1n) is 4.34. The second kappa shape index (κ2) is 4.39. The van der Waals surface area contributed by atoms with Crippen molar-refractivity contribution in [3.05, 3.63) is 18.0 Å². The van der Waals surface area contributed by atoms with Crippen LogP contribution in [0.3, 0.4) is 0 Å². The van der Waals surface area contributed by atoms with Gasteiger partial charge in [0.2, 0.25) is 0 Å². The fraction of sp³-hybridized carbons (Fsp3) is 0.667. The SMILES string of the molecule is COC(C)CC(O)c1ccn(C)n1. The van der Waals surface area contributed by atoms with Crippen molar-refractivity contribution < 1.29 is 9.84 Å². The van der Waals surface area contributed by atoms with Gasteiger partial charge in [0.15, 0.2) is 0 Å². The largest absolute Gasteiger partial charge is 0.387 e. The van der Waals surface area contributed by atoms with E-state index in [-0.39, 0.29) is 6.10 Å². The van der Waals surface area contributed by atoms with Crippen molar-refractivity contribution in [1.82, 2.24) is 9.78 Å². The smallest absolute Gasteiger partial charge is 0.100 e. The Kier molecular flexibility index (Phi) is 3.45. The lowest BCUT2D eigenvalue weighted by atomic mass is 10.1. The summed E-state index contributed by atoms with van der Waals surface area (Å²) in [5, 5.41) is 13.8. The van der Waals surface area contributed by atoms with Crippen LogP contribution in [-0.2, 0) is 11.8 Å². The number of aryl methyl sites for hydroxylation is 1. The highest BCUT2D eigenvalue weighted by molar-refractivity contribution is 5.02. The van der Waals surface area contributed by atoms with Gasteiger partial charge in [-0.1, -0.05) is 0 Å². The molecule has 4 nitrogen and oxygen atoms in total. The maximum atomic E-state index is 9.68. The zero-order valence-corrected chi connectivity index (χ0v) is 8.27. The molecule has 1 aromatic rings. The molecule has 2 atom stereocenters. The van der Waals surface area contributed by atoms with Crippen LogP contribution in [0, 0.1) is 0 Å². The number of hydrogen-bond donors (Lipinski definition) is 1. The van der Waals surface area contributed by atoms with E-state index in [0.29, 0.717) is 12.1 Å². The average Bonchev–Trinajstić information content (AvgIpc) is 2.51. The highest BCUT2D eigenvalue weighted by Crippen LogP contribution is 2.16. The van der Waals surface area contributed by atoms with Gasteiger partial charge in [0.25, 0.3) is 0 Å². The normalized spacial score (nSPS) is 15.7. The number of rotatable bonds is 4. The van der Waals surface area contributed by atoms with Gasteiger partial charge in [-0.15, -0.1) is 0 Å². The summed E-state index contributed by atoms with van der Waals surface area (Å²) in [6.45, 7) is 1.92. The minimum absolute atomic E-state index is 0.0528. The Morgan fingerprint density at radius 1 is 1.69 bits per heavy atom. The summed E-state index contributed by atoms with van der Waals surface area (Å²) >= 11 is 0. The van der Waals surface area contributed by atoms with Gasteiger partial charge in [-0.05, 0) is 13.0 Å². The summed E-state index contributed by atoms with van der Waals surface area (Å²) in [4.78, 5) is 0. The molecule has 0 radical (unpaired) electrons. The number of aromatic nitrogens is 2. The van der Waals surface area contributed by atoms with E-state index >= 15 is 0 Å². The predicted octanol–water partition coefficient (Wildman–Crippen LogP) is 0.878. The summed E-state index contributed by atoms with van der Waals surface area (Å²) in [7, 11) is 3.46. The molecule has 1 rings (SSSR count). The van der Waals surface area contributed by atoms with Gasteiger partial charge in [0, 0.05) is 26.8 Å². The summed E-state index contributed by atoms with van der Waals surface area (Å²) < 4.78 is 6.73. The van der Waals surface area contributed by atoms with Crippen molar-refractivity contribution in [2.75, 3.05) is 7.11 Å². The molecule has 1 heterocycles. The molecule has 0 saturated heterocycles. The van der Waals surface area contributed by atoms with Crippen LogP contribution in [0.25, 0.3) is 0 Å². The molecule has 0 spiro atoms. The molecule has 0 fully saturated rings. The number of ether oxygens (including phenoxy) is 1. The molecule has 0 aliphatic rings. The topological polar surface area (TPSA) is 47.3 Å². The Labute approximate surface area is 78.1 Å². The number of hydrogen-bond acceptors (Lipinski definition) is 3. The summed E-state index contributed by atoms with van der Waals surface area (Å²) in [5.74, 6) is 0. The van der Waals surface area contributed by atoms with Crippen LogP contribution < -0.4 is 0 Å². The predicted molar refractivity (Wildman–Crippen MR) is 49.3 cm³/mol. The minimum atomic E-state index is -0.531. The monoisotopic (exact) mass is 184 g/mol. The van der Waals surface area contributed by atoms with Crippen LogP contribution in [-0.4, -0.2) is 28.1 Å². The number of aliphatic hydroxyl groups is 1. The van der Waals surface area contributed by atoms with Gasteiger partial charge in [-0.25, -0.2) is 0 Å². The van der Waals surface area contributed by atoms with E-state index in [1.165, 1.54) is 0 Å². The summed E-state index contributed by atoms with van der Waals surface area (Å²) in [6, 6.07) is 1.81. The van der Waals surface area contributed by atoms with Crippen LogP contribution >= 0.6 is 0 Å². The van der Waals surface area contributed by atoms with Gasteiger partial charge >= 0.3 is 0 Å². The Bertz CT molecular complexity index is 260. The van der Waals surface area contributed by atoms with Crippen molar-refractivity contribution in [3.8, 4) is 0 Å². The second-order valence-corrected chi connectivity index (χ2v) is 3.21. The highest BCUT2D eigenvalue weighted by atomic mass is 16.5. The summed E-state index contributed by atoms with van der Waals surface area (Å²) in [6.07, 6.45) is 1.91. The minimum Gasteiger partial charge on any atom is -0.387 e. The highest BCUT2D eigenvalue weighted by Gasteiger charge is 2.13. The van der Waals surface area contributed by atoms with Crippen molar-refractivity contribution in [2.24, 2.45) is 7.05 Å². The Morgan fingerprint density at radius 2 is 2.38 bits per heavy atom. The molecule has 0 aliphatic heterocycles. The van der Waals surface area contributed by atoms with E-state index in [2.05, 4.69) is 5.10 Å². The van der Waals surface area contributed by atoms with E-state index in [1.807, 2.05) is 26.2 Å². The van der Waals surface area contributed by atoms with Gasteiger partial charge in [-0.2, -0.15) is 5.10 Å². The van der Waals surface area contributed by atoms with Gasteiger partial charge in [0.1, 0.15) is 6.10 Å². The Morgan fingerprint density at radius 3 is 2.85 bits per heavy atom. The molecule has 0 amide bonds. The molecule has 13 heavy (non-hydrogen) atoms. The average molecular weight is 184 g/mol. The molecule has 1 N–H and O–H groups in total. The first kappa shape index (κ1) is 10.2. The molecule has 0 saturated carbocycles. The molecule has 0 bridgehead atoms. The maximum absolute atomic E-state index is 9.68. The van der Waals surface area contributed by atoms with Crippen LogP contribution in [0.5, 0.6) is 0 Å². The van der Waals surface area contributed by atoms with Gasteiger partial charge in [-0.3, -0.25) is 4.68 Å². The summed E-state index contributed by atoms with van der Waals surface area (Å²) in [5.41, 5.74) is 0.700. The standard InChI is InChI=1S/C9H16N2O2/c1-7(13-3)6-9(12)8-4-5-11(2)10-8/h4-5,7,9,12H,6H2,1-3H3. The first-order valence-corrected chi connectivity index (χ1v) is 4.34. The maximum Gasteiger partial charge on any atom is 0.100 e. The fourth-order valence-corrected chi connectivity index (χ4v) is 1.14. The lowest BCUT2D eigenvalue weighted by Crippen LogP contribution is -2.11. The van der Waals surface area contributed by atoms with Crippen molar-refractivity contribution in [2.45, 2.75) is 25.6 Å². The molecular formula is C9H16N2O2. The second-order valence-electron chi connectivity index (χ2n) is 3.21. The Hall–Kier alpha value is -0.870. The molecule has 0 aliphatic carbocycles. The lowest BCUT2D eigenvalue weighted by molar-refractivity contribution is 0.0541. The molecule has 74 valence electrons. The lowest BCUT2D eigenvalue weighted by Gasteiger charge is -2.12. The van der Waals surface area contributed by atoms with E-state index in [1.54, 1.807) is 11.8 Å². The zero-order valence-electron chi connectivity index (χ0n) is 8.27. The van der Waals surface area contributed by atoms with E-state index < -0.39 is 6.10 Å². The molecule has 0 aromatic carbocycles. The number of nitrogens with zero attached hydrogens (tertiary/aromatic N) is 2. The van der Waals surface area contributed by atoms with E-state index in [4.69, 9.17) is 4.74 Å². The van der Waals surface area contributed by atoms with Gasteiger partial charge in [0.05, 0.1) is 11.8 Å². The van der Waals surface area contributed by atoms with Crippen LogP contribution in [0.1, 0.15) is 25.1 Å². The number of methoxy groups -OCH3 is 1. The van der Waals surface area contributed by atoms with Crippen LogP contribution in [0.2, 0.25) is 0 Å². The fourth-order valence-electron chi connectivity index (χ4n) is 1.14. The van der Waals surface area contributed by atoms with Crippen molar-refractivity contribution in [1.29, 1.82) is 0 Å². The van der Waals surface area contributed by atoms with E-state index in [0.717, 1.165) is 0 Å². The Balaban J connectivity index is 2.53. The van der Waals surface area contributed by atoms with Crippen molar-refractivity contribution >= 4 is 0 Å². The van der Waals surface area contributed by atoms with Crippen LogP contribution in [0.4, 0.5) is 0 Å². The molecule has 2 unspecified atom stereocenters. The molecular weight excluding hydrogens is 168 g/mol. The molecule has 1 aromatic heterocycles. The molecule has 4 heteroatoms. The third-order valence-electron chi connectivity index (χ3n) is 2.03. The van der Waals surface area contributed by atoms with Gasteiger partial charge < -0.3 is 9.84 Å². The van der Waals surface area contributed by atoms with Crippen molar-refractivity contribution in [3.63, 3.8) is 0 Å². The van der Waals surface area contributed by atoms with E-state index in [9.17, 15) is 5.11 Å². The van der Waals surface area contributed by atoms with Crippen LogP contribution in [0.15, 0.2) is 12.3 Å². The first-order chi connectivity index (χ1) is 6.13.